The third-order valence-electron chi connectivity index (χ3n) is 5.16. The Balaban J connectivity index is 2.62. The minimum Gasteiger partial charge on any atom is -0.0656 e. The van der Waals surface area contributed by atoms with Gasteiger partial charge in [-0.1, -0.05) is 139 Å². The first kappa shape index (κ1) is 24.7. The van der Waals surface area contributed by atoms with Gasteiger partial charge in [-0.15, -0.1) is 0 Å². The molecule has 3 aromatic rings. The highest BCUT2D eigenvalue weighted by Gasteiger charge is 2.35. The lowest BCUT2D eigenvalue weighted by atomic mass is 9.99. The van der Waals surface area contributed by atoms with Crippen molar-refractivity contribution in [1.82, 2.24) is 0 Å². The lowest BCUT2D eigenvalue weighted by Crippen LogP contribution is -2.47. The van der Waals surface area contributed by atoms with Crippen molar-refractivity contribution in [2.24, 2.45) is 0 Å². The van der Waals surface area contributed by atoms with Gasteiger partial charge in [-0.2, -0.15) is 0 Å². The summed E-state index contributed by atoms with van der Waals surface area (Å²) >= 11 is 15.9. The SMILES string of the molecule is C[Si](C)(C)c1c(Br)c(-c2ccccc2Br)c([Si](C)(C)C)c(Br)c1-c1ccccc1Br. The Morgan fingerprint density at radius 2 is 0.800 bits per heavy atom. The molecule has 30 heavy (non-hydrogen) atoms. The van der Waals surface area contributed by atoms with Crippen LogP contribution in [0, 0.1) is 0 Å². The van der Waals surface area contributed by atoms with Gasteiger partial charge in [0, 0.05) is 17.9 Å². The van der Waals surface area contributed by atoms with Crippen molar-refractivity contribution in [2.75, 3.05) is 0 Å². The molecule has 0 amide bonds. The van der Waals surface area contributed by atoms with E-state index in [-0.39, 0.29) is 0 Å². The van der Waals surface area contributed by atoms with Crippen molar-refractivity contribution >= 4 is 90.2 Å². The molecule has 0 N–H and O–H groups in total. The molecule has 3 rings (SSSR count). The van der Waals surface area contributed by atoms with E-state index in [2.05, 4.69) is 152 Å². The van der Waals surface area contributed by atoms with E-state index in [0.717, 1.165) is 8.95 Å². The van der Waals surface area contributed by atoms with Crippen LogP contribution >= 0.6 is 63.7 Å². The van der Waals surface area contributed by atoms with Crippen LogP contribution < -0.4 is 10.4 Å². The van der Waals surface area contributed by atoms with Gasteiger partial charge >= 0.3 is 0 Å². The highest BCUT2D eigenvalue weighted by atomic mass is 79.9. The Kier molecular flexibility index (Phi) is 7.48. The molecule has 0 aliphatic rings. The fourth-order valence-corrected chi connectivity index (χ4v) is 13.6. The quantitative estimate of drug-likeness (QED) is 0.240. The van der Waals surface area contributed by atoms with Crippen molar-refractivity contribution in [1.29, 1.82) is 0 Å². The highest BCUT2D eigenvalue weighted by Crippen LogP contribution is 2.42. The molecule has 0 saturated heterocycles. The topological polar surface area (TPSA) is 0 Å². The molecule has 0 nitrogen and oxygen atoms in total. The van der Waals surface area contributed by atoms with Crippen LogP contribution in [0.3, 0.4) is 0 Å². The standard InChI is InChI=1S/C24H26Br4Si2/c1-29(2,3)23-19(15-11-7-9-13-17(15)25)22(28)24(30(4,5)6)20(21(23)27)16-12-8-10-14-18(16)26/h7-14H,1-6H3. The Hall–Kier alpha value is 0.0138. The summed E-state index contributed by atoms with van der Waals surface area (Å²) in [5.41, 5.74) is 5.17. The van der Waals surface area contributed by atoms with E-state index in [0.29, 0.717) is 0 Å². The second-order valence-corrected chi connectivity index (χ2v) is 22.9. The summed E-state index contributed by atoms with van der Waals surface area (Å²) in [4.78, 5) is 0. The zero-order valence-corrected chi connectivity index (χ0v) is 26.5. The van der Waals surface area contributed by atoms with E-state index in [1.54, 1.807) is 0 Å². The third kappa shape index (κ3) is 4.69. The summed E-state index contributed by atoms with van der Waals surface area (Å²) < 4.78 is 4.76. The Labute approximate surface area is 216 Å². The van der Waals surface area contributed by atoms with Crippen molar-refractivity contribution in [2.45, 2.75) is 39.3 Å². The molecule has 0 spiro atoms. The van der Waals surface area contributed by atoms with Crippen LogP contribution in [0.4, 0.5) is 0 Å². The van der Waals surface area contributed by atoms with E-state index in [1.165, 1.54) is 41.6 Å². The summed E-state index contributed by atoms with van der Waals surface area (Å²) in [6.45, 7) is 14.6. The van der Waals surface area contributed by atoms with Crippen LogP contribution in [-0.4, -0.2) is 16.1 Å². The first-order chi connectivity index (χ1) is 13.9. The zero-order valence-electron chi connectivity index (χ0n) is 18.1. The van der Waals surface area contributed by atoms with Gasteiger partial charge in [-0.25, -0.2) is 0 Å². The minimum absolute atomic E-state index is 1.13. The van der Waals surface area contributed by atoms with Crippen LogP contribution in [0.2, 0.25) is 39.3 Å². The largest absolute Gasteiger partial charge is 0.0799 e. The van der Waals surface area contributed by atoms with Crippen LogP contribution in [-0.2, 0) is 0 Å². The van der Waals surface area contributed by atoms with Gasteiger partial charge in [0.2, 0.25) is 0 Å². The number of halogens is 4. The van der Waals surface area contributed by atoms with Gasteiger partial charge < -0.3 is 0 Å². The van der Waals surface area contributed by atoms with Gasteiger partial charge in [0.1, 0.15) is 0 Å². The van der Waals surface area contributed by atoms with Crippen molar-refractivity contribution in [3.63, 3.8) is 0 Å². The Bertz CT molecular complexity index is 1020. The predicted octanol–water partition coefficient (Wildman–Crippen LogP) is 9.16. The maximum Gasteiger partial charge on any atom is 0.0799 e. The second-order valence-electron chi connectivity index (χ2n) is 9.59. The van der Waals surface area contributed by atoms with E-state index in [1.807, 2.05) is 0 Å². The molecule has 0 saturated carbocycles. The molecule has 0 unspecified atom stereocenters. The molecule has 6 heteroatoms. The van der Waals surface area contributed by atoms with E-state index >= 15 is 0 Å². The van der Waals surface area contributed by atoms with Crippen LogP contribution in [0.25, 0.3) is 22.3 Å². The summed E-state index contributed by atoms with van der Waals surface area (Å²) in [5, 5.41) is 2.91. The fraction of sp³-hybridized carbons (Fsp3) is 0.250. The molecular formula is C24H26Br4Si2. The molecule has 0 bridgehead atoms. The molecule has 0 atom stereocenters. The first-order valence-corrected chi connectivity index (χ1v) is 20.1. The summed E-state index contributed by atoms with van der Waals surface area (Å²) in [7, 11) is -3.44. The lowest BCUT2D eigenvalue weighted by Gasteiger charge is -2.33. The maximum atomic E-state index is 4.14. The smallest absolute Gasteiger partial charge is 0.0656 e. The normalized spacial score (nSPS) is 12.3. The number of benzene rings is 3. The van der Waals surface area contributed by atoms with Gasteiger partial charge in [0.15, 0.2) is 0 Å². The fourth-order valence-electron chi connectivity index (χ4n) is 3.93. The summed E-state index contributed by atoms with van der Waals surface area (Å²) in [5.74, 6) is 0. The minimum atomic E-state index is -1.72. The molecule has 0 fully saturated rings. The number of hydrogen-bond acceptors (Lipinski definition) is 0. The molecule has 0 aliphatic carbocycles. The summed E-state index contributed by atoms with van der Waals surface area (Å²) in [6.07, 6.45) is 0. The Morgan fingerprint density at radius 3 is 1.07 bits per heavy atom. The average molecular weight is 690 g/mol. The molecule has 0 heterocycles. The van der Waals surface area contributed by atoms with Crippen LogP contribution in [0.15, 0.2) is 66.4 Å². The zero-order chi connectivity index (χ0) is 22.4. The van der Waals surface area contributed by atoms with E-state index in [4.69, 9.17) is 0 Å². The second kappa shape index (κ2) is 9.10. The lowest BCUT2D eigenvalue weighted by molar-refractivity contribution is 1.52. The maximum absolute atomic E-state index is 4.14. The van der Waals surface area contributed by atoms with Crippen molar-refractivity contribution in [3.05, 3.63) is 66.4 Å². The van der Waals surface area contributed by atoms with E-state index < -0.39 is 16.1 Å². The molecule has 0 aliphatic heterocycles. The first-order valence-electron chi connectivity index (χ1n) is 9.91. The van der Waals surface area contributed by atoms with Gasteiger partial charge in [0.25, 0.3) is 0 Å². The summed E-state index contributed by atoms with van der Waals surface area (Å²) in [6, 6.07) is 17.2. The van der Waals surface area contributed by atoms with Gasteiger partial charge in [-0.05, 0) is 44.8 Å². The van der Waals surface area contributed by atoms with Crippen molar-refractivity contribution < 1.29 is 0 Å². The predicted molar refractivity (Wildman–Crippen MR) is 154 cm³/mol. The molecule has 0 aromatic heterocycles. The van der Waals surface area contributed by atoms with Gasteiger partial charge in [0.05, 0.1) is 16.1 Å². The number of hydrogen-bond donors (Lipinski definition) is 0. The van der Waals surface area contributed by atoms with Gasteiger partial charge in [-0.3, -0.25) is 0 Å². The number of rotatable bonds is 4. The third-order valence-corrected chi connectivity index (χ3v) is 12.9. The van der Waals surface area contributed by atoms with E-state index in [9.17, 15) is 0 Å². The highest BCUT2D eigenvalue weighted by molar-refractivity contribution is 9.11. The molecule has 158 valence electrons. The molecule has 3 aromatic carbocycles. The van der Waals surface area contributed by atoms with Crippen LogP contribution in [0.1, 0.15) is 0 Å². The monoisotopic (exact) mass is 686 g/mol. The molecular weight excluding hydrogens is 664 g/mol. The Morgan fingerprint density at radius 1 is 0.500 bits per heavy atom. The average Bonchev–Trinajstić information content (AvgIpc) is 2.62. The van der Waals surface area contributed by atoms with Crippen molar-refractivity contribution in [3.8, 4) is 22.3 Å². The van der Waals surface area contributed by atoms with Crippen LogP contribution in [0.5, 0.6) is 0 Å². The molecule has 0 radical (unpaired) electrons.